The lowest BCUT2D eigenvalue weighted by Crippen LogP contribution is -2.43. The fraction of sp³-hybridized carbons (Fsp3) is 0.917. The Balaban J connectivity index is 2.38. The van der Waals surface area contributed by atoms with E-state index < -0.39 is 0 Å². The van der Waals surface area contributed by atoms with Gasteiger partial charge in [-0.25, -0.2) is 0 Å². The van der Waals surface area contributed by atoms with E-state index in [4.69, 9.17) is 5.11 Å². The van der Waals surface area contributed by atoms with Gasteiger partial charge in [-0.15, -0.1) is 0 Å². The van der Waals surface area contributed by atoms with Crippen molar-refractivity contribution in [1.82, 2.24) is 9.80 Å². The highest BCUT2D eigenvalue weighted by atomic mass is 16.3. The molecule has 0 unspecified atom stereocenters. The maximum absolute atomic E-state index is 11.3. The molecular formula is C12H24N2O2. The molecule has 1 aliphatic rings. The summed E-state index contributed by atoms with van der Waals surface area (Å²) in [7, 11) is 0. The number of aliphatic hydroxyl groups excluding tert-OH is 1. The molecule has 1 amide bonds. The Labute approximate surface area is 98.2 Å². The van der Waals surface area contributed by atoms with E-state index in [1.54, 1.807) is 6.92 Å². The van der Waals surface area contributed by atoms with Gasteiger partial charge in [0.2, 0.25) is 5.91 Å². The van der Waals surface area contributed by atoms with Crippen LogP contribution in [0.1, 0.15) is 26.7 Å². The van der Waals surface area contributed by atoms with E-state index in [2.05, 4.69) is 4.90 Å². The third-order valence-corrected chi connectivity index (χ3v) is 3.32. The Morgan fingerprint density at radius 1 is 1.56 bits per heavy atom. The van der Waals surface area contributed by atoms with Gasteiger partial charge < -0.3 is 14.9 Å². The second-order valence-corrected chi connectivity index (χ2v) is 4.59. The van der Waals surface area contributed by atoms with Crippen LogP contribution in [0.3, 0.4) is 0 Å². The van der Waals surface area contributed by atoms with Crippen molar-refractivity contribution in [1.29, 1.82) is 0 Å². The number of carbonyl (C=O) groups excluding carboxylic acids is 1. The summed E-state index contributed by atoms with van der Waals surface area (Å²) in [5.74, 6) is 0.742. The summed E-state index contributed by atoms with van der Waals surface area (Å²) in [6, 6.07) is 0. The van der Waals surface area contributed by atoms with Gasteiger partial charge in [-0.05, 0) is 32.2 Å². The lowest BCUT2D eigenvalue weighted by molar-refractivity contribution is -0.129. The molecule has 16 heavy (non-hydrogen) atoms. The molecule has 1 rings (SSSR count). The minimum atomic E-state index is 0.168. The van der Waals surface area contributed by atoms with Crippen LogP contribution < -0.4 is 0 Å². The van der Waals surface area contributed by atoms with E-state index in [9.17, 15) is 4.79 Å². The predicted octanol–water partition coefficient (Wildman–Crippen LogP) is 0.559. The highest BCUT2D eigenvalue weighted by molar-refractivity contribution is 5.73. The van der Waals surface area contributed by atoms with E-state index in [0.29, 0.717) is 5.92 Å². The van der Waals surface area contributed by atoms with Crippen molar-refractivity contribution in [2.75, 3.05) is 39.3 Å². The van der Waals surface area contributed by atoms with Crippen LogP contribution in [-0.2, 0) is 4.79 Å². The van der Waals surface area contributed by atoms with Crippen LogP contribution in [0.4, 0.5) is 0 Å². The molecule has 0 aromatic rings. The molecule has 1 N–H and O–H groups in total. The zero-order chi connectivity index (χ0) is 12.0. The van der Waals surface area contributed by atoms with Gasteiger partial charge in [-0.3, -0.25) is 4.79 Å². The van der Waals surface area contributed by atoms with E-state index in [0.717, 1.165) is 32.7 Å². The van der Waals surface area contributed by atoms with E-state index in [-0.39, 0.29) is 12.5 Å². The zero-order valence-corrected chi connectivity index (χ0v) is 10.5. The van der Waals surface area contributed by atoms with Gasteiger partial charge in [0.1, 0.15) is 0 Å². The third-order valence-electron chi connectivity index (χ3n) is 3.32. The molecule has 0 aromatic heterocycles. The number of aliphatic hydroxyl groups is 1. The Bertz CT molecular complexity index is 219. The van der Waals surface area contributed by atoms with Crippen molar-refractivity contribution in [3.05, 3.63) is 0 Å². The minimum absolute atomic E-state index is 0.168. The SMILES string of the molecule is CCN(C[C@@H]1CCCN(CCO)C1)C(C)=O. The number of likely N-dealkylation sites (tertiary alicyclic amines) is 1. The first-order valence-electron chi connectivity index (χ1n) is 6.26. The van der Waals surface area contributed by atoms with Crippen molar-refractivity contribution in [3.63, 3.8) is 0 Å². The van der Waals surface area contributed by atoms with E-state index in [1.807, 2.05) is 11.8 Å². The quantitative estimate of drug-likeness (QED) is 0.748. The van der Waals surface area contributed by atoms with Gasteiger partial charge in [-0.1, -0.05) is 0 Å². The van der Waals surface area contributed by atoms with Crippen LogP contribution in [0.25, 0.3) is 0 Å². The highest BCUT2D eigenvalue weighted by Crippen LogP contribution is 2.17. The summed E-state index contributed by atoms with van der Waals surface area (Å²) in [5.41, 5.74) is 0. The number of rotatable bonds is 5. The molecule has 0 spiro atoms. The standard InChI is InChI=1S/C12H24N2O2/c1-3-14(11(2)16)10-12-5-4-6-13(9-12)7-8-15/h12,15H,3-10H2,1-2H3/t12-/m1/s1. The Morgan fingerprint density at radius 3 is 2.88 bits per heavy atom. The summed E-state index contributed by atoms with van der Waals surface area (Å²) >= 11 is 0. The number of carbonyl (C=O) groups is 1. The Morgan fingerprint density at radius 2 is 2.31 bits per heavy atom. The number of amides is 1. The van der Waals surface area contributed by atoms with Gasteiger partial charge in [-0.2, -0.15) is 0 Å². The van der Waals surface area contributed by atoms with Crippen LogP contribution in [-0.4, -0.2) is 60.1 Å². The van der Waals surface area contributed by atoms with Gasteiger partial charge in [0, 0.05) is 33.1 Å². The molecule has 1 atom stereocenters. The number of hydrogen-bond acceptors (Lipinski definition) is 3. The number of β-amino-alcohol motifs (C(OH)–C–C–N with tert-alkyl or cyclic N) is 1. The number of nitrogens with zero attached hydrogens (tertiary/aromatic N) is 2. The van der Waals surface area contributed by atoms with Gasteiger partial charge in [0.05, 0.1) is 6.61 Å². The highest BCUT2D eigenvalue weighted by Gasteiger charge is 2.21. The molecule has 0 radical (unpaired) electrons. The first-order valence-corrected chi connectivity index (χ1v) is 6.26. The maximum atomic E-state index is 11.3. The molecule has 0 aliphatic carbocycles. The predicted molar refractivity (Wildman–Crippen MR) is 64.2 cm³/mol. The minimum Gasteiger partial charge on any atom is -0.395 e. The van der Waals surface area contributed by atoms with Crippen LogP contribution in [0.15, 0.2) is 0 Å². The molecule has 1 aliphatic heterocycles. The molecule has 0 bridgehead atoms. The molecule has 1 saturated heterocycles. The maximum Gasteiger partial charge on any atom is 0.219 e. The number of hydrogen-bond donors (Lipinski definition) is 1. The van der Waals surface area contributed by atoms with Crippen LogP contribution in [0.2, 0.25) is 0 Å². The molecule has 0 aromatic carbocycles. The van der Waals surface area contributed by atoms with Crippen LogP contribution in [0, 0.1) is 5.92 Å². The summed E-state index contributed by atoms with van der Waals surface area (Å²) < 4.78 is 0. The largest absolute Gasteiger partial charge is 0.395 e. The molecule has 1 heterocycles. The lowest BCUT2D eigenvalue weighted by atomic mass is 9.97. The molecular weight excluding hydrogens is 204 g/mol. The Kier molecular flexibility index (Phi) is 5.77. The van der Waals surface area contributed by atoms with Crippen molar-refractivity contribution in [2.24, 2.45) is 5.92 Å². The summed E-state index contributed by atoms with van der Waals surface area (Å²) in [6.07, 6.45) is 2.38. The zero-order valence-electron chi connectivity index (χ0n) is 10.5. The fourth-order valence-corrected chi connectivity index (χ4v) is 2.44. The number of piperidine rings is 1. The third kappa shape index (κ3) is 4.10. The van der Waals surface area contributed by atoms with Crippen molar-refractivity contribution in [2.45, 2.75) is 26.7 Å². The van der Waals surface area contributed by atoms with E-state index >= 15 is 0 Å². The Hall–Kier alpha value is -0.610. The molecule has 4 heteroatoms. The van der Waals surface area contributed by atoms with Crippen molar-refractivity contribution in [3.8, 4) is 0 Å². The first kappa shape index (κ1) is 13.5. The van der Waals surface area contributed by atoms with Crippen LogP contribution in [0.5, 0.6) is 0 Å². The molecule has 94 valence electrons. The van der Waals surface area contributed by atoms with Gasteiger partial charge in [0.15, 0.2) is 0 Å². The normalized spacial score (nSPS) is 22.1. The topological polar surface area (TPSA) is 43.8 Å². The van der Waals surface area contributed by atoms with Crippen LogP contribution >= 0.6 is 0 Å². The smallest absolute Gasteiger partial charge is 0.219 e. The van der Waals surface area contributed by atoms with Gasteiger partial charge >= 0.3 is 0 Å². The van der Waals surface area contributed by atoms with Gasteiger partial charge in [0.25, 0.3) is 0 Å². The molecule has 0 saturated carbocycles. The van der Waals surface area contributed by atoms with E-state index in [1.165, 1.54) is 12.8 Å². The molecule has 1 fully saturated rings. The summed E-state index contributed by atoms with van der Waals surface area (Å²) in [4.78, 5) is 15.5. The van der Waals surface area contributed by atoms with Crippen molar-refractivity contribution < 1.29 is 9.90 Å². The van der Waals surface area contributed by atoms with Crippen molar-refractivity contribution >= 4 is 5.91 Å². The monoisotopic (exact) mass is 228 g/mol. The summed E-state index contributed by atoms with van der Waals surface area (Å²) in [5, 5.41) is 8.91. The fourth-order valence-electron chi connectivity index (χ4n) is 2.44. The lowest BCUT2D eigenvalue weighted by Gasteiger charge is -2.34. The average molecular weight is 228 g/mol. The second-order valence-electron chi connectivity index (χ2n) is 4.59. The second kappa shape index (κ2) is 6.86. The molecule has 4 nitrogen and oxygen atoms in total. The average Bonchev–Trinajstić information content (AvgIpc) is 2.26. The first-order chi connectivity index (χ1) is 7.67. The summed E-state index contributed by atoms with van der Waals surface area (Å²) in [6.45, 7) is 8.43.